The summed E-state index contributed by atoms with van der Waals surface area (Å²) in [6, 6.07) is 7.19. The van der Waals surface area contributed by atoms with Gasteiger partial charge in [-0.1, -0.05) is 12.1 Å². The van der Waals surface area contributed by atoms with E-state index >= 15 is 0 Å². The van der Waals surface area contributed by atoms with Crippen LogP contribution in [-0.4, -0.2) is 17.9 Å². The molecule has 0 bridgehead atoms. The Morgan fingerprint density at radius 1 is 1.39 bits per heavy atom. The largest absolute Gasteiger partial charge is 0.399 e. The molecule has 5 nitrogen and oxygen atoms in total. The number of anilines is 1. The molecule has 0 radical (unpaired) electrons. The summed E-state index contributed by atoms with van der Waals surface area (Å²) < 4.78 is 0. The summed E-state index contributed by atoms with van der Waals surface area (Å²) >= 11 is 0. The third-order valence-corrected chi connectivity index (χ3v) is 2.74. The second-order valence-corrected chi connectivity index (χ2v) is 4.13. The molecule has 6 heteroatoms. The Morgan fingerprint density at radius 2 is 2.17 bits per heavy atom. The molecule has 0 aliphatic carbocycles. The van der Waals surface area contributed by atoms with Gasteiger partial charge in [0.05, 0.1) is 6.04 Å². The molecule has 1 aromatic carbocycles. The molecule has 18 heavy (non-hydrogen) atoms. The number of nitrogens with two attached hydrogens (primary N) is 1. The van der Waals surface area contributed by atoms with Gasteiger partial charge in [0, 0.05) is 18.7 Å². The summed E-state index contributed by atoms with van der Waals surface area (Å²) in [7, 11) is 0. The van der Waals surface area contributed by atoms with Gasteiger partial charge in [-0.3, -0.25) is 14.9 Å². The number of nitrogens with one attached hydrogen (secondary N) is 2. The maximum absolute atomic E-state index is 11.5. The zero-order valence-corrected chi connectivity index (χ0v) is 10.6. The van der Waals surface area contributed by atoms with Gasteiger partial charge in [-0.15, -0.1) is 12.4 Å². The quantitative estimate of drug-likeness (QED) is 0.554. The molecule has 1 fully saturated rings. The van der Waals surface area contributed by atoms with Crippen LogP contribution in [0, 0.1) is 0 Å². The van der Waals surface area contributed by atoms with Crippen molar-refractivity contribution in [1.82, 2.24) is 10.6 Å². The smallest absolute Gasteiger partial charge is 0.243 e. The van der Waals surface area contributed by atoms with Gasteiger partial charge >= 0.3 is 0 Å². The van der Waals surface area contributed by atoms with Crippen molar-refractivity contribution in [1.29, 1.82) is 0 Å². The number of imide groups is 1. The summed E-state index contributed by atoms with van der Waals surface area (Å²) in [5.74, 6) is -0.442. The van der Waals surface area contributed by atoms with Gasteiger partial charge in [-0.25, -0.2) is 0 Å². The van der Waals surface area contributed by atoms with E-state index in [1.807, 2.05) is 24.3 Å². The Bertz CT molecular complexity index is 451. The predicted molar refractivity (Wildman–Crippen MR) is 71.1 cm³/mol. The molecule has 1 heterocycles. The van der Waals surface area contributed by atoms with Crippen LogP contribution in [0.2, 0.25) is 0 Å². The summed E-state index contributed by atoms with van der Waals surface area (Å²) in [5, 5.41) is 5.43. The van der Waals surface area contributed by atoms with Gasteiger partial charge in [-0.2, -0.15) is 0 Å². The van der Waals surface area contributed by atoms with E-state index < -0.39 is 0 Å². The van der Waals surface area contributed by atoms with Crippen molar-refractivity contribution >= 4 is 29.9 Å². The Labute approximate surface area is 112 Å². The fraction of sp³-hybridized carbons (Fsp3) is 0.333. The molecular weight excluding hydrogens is 254 g/mol. The highest BCUT2D eigenvalue weighted by atomic mass is 35.5. The van der Waals surface area contributed by atoms with Crippen molar-refractivity contribution in [2.75, 3.05) is 5.73 Å². The molecule has 0 aromatic heterocycles. The normalized spacial score (nSPS) is 19.0. The average molecular weight is 270 g/mol. The van der Waals surface area contributed by atoms with Crippen molar-refractivity contribution in [2.45, 2.75) is 25.4 Å². The van der Waals surface area contributed by atoms with Crippen LogP contribution >= 0.6 is 12.4 Å². The fourth-order valence-electron chi connectivity index (χ4n) is 1.83. The van der Waals surface area contributed by atoms with Crippen LogP contribution in [0.15, 0.2) is 24.3 Å². The Morgan fingerprint density at radius 3 is 2.83 bits per heavy atom. The lowest BCUT2D eigenvalue weighted by Gasteiger charge is -2.21. The predicted octanol–water partition coefficient (Wildman–Crippen LogP) is 0.585. The van der Waals surface area contributed by atoms with Crippen LogP contribution < -0.4 is 16.4 Å². The number of hydrogen-bond acceptors (Lipinski definition) is 4. The van der Waals surface area contributed by atoms with E-state index in [0.717, 1.165) is 5.56 Å². The number of nitrogen functional groups attached to an aromatic ring is 1. The Kier molecular flexibility index (Phi) is 5.12. The first kappa shape index (κ1) is 14.5. The number of piperidine rings is 1. The standard InChI is InChI=1S/C12H15N3O2.ClH/c13-9-3-1-2-8(6-9)7-14-10-4-5-11(16)15-12(10)17;/h1-3,6,10,14H,4-5,7,13H2,(H,15,16,17);1H. The van der Waals surface area contributed by atoms with Gasteiger partial charge < -0.3 is 11.1 Å². The molecule has 1 unspecified atom stereocenters. The van der Waals surface area contributed by atoms with E-state index in [2.05, 4.69) is 10.6 Å². The van der Waals surface area contributed by atoms with Crippen LogP contribution in [0.3, 0.4) is 0 Å². The van der Waals surface area contributed by atoms with Crippen LogP contribution in [-0.2, 0) is 16.1 Å². The molecule has 2 amide bonds. The van der Waals surface area contributed by atoms with Crippen molar-refractivity contribution in [3.8, 4) is 0 Å². The SMILES string of the molecule is Cl.Nc1cccc(CNC2CCC(=O)NC2=O)c1. The van der Waals surface area contributed by atoms with Gasteiger partial charge in [0.15, 0.2) is 0 Å². The minimum absolute atomic E-state index is 0. The lowest BCUT2D eigenvalue weighted by atomic mass is 10.1. The van der Waals surface area contributed by atoms with E-state index in [0.29, 0.717) is 25.1 Å². The number of benzene rings is 1. The fourth-order valence-corrected chi connectivity index (χ4v) is 1.83. The van der Waals surface area contributed by atoms with Crippen molar-refractivity contribution < 1.29 is 9.59 Å². The topological polar surface area (TPSA) is 84.2 Å². The molecule has 0 spiro atoms. The molecule has 1 atom stereocenters. The van der Waals surface area contributed by atoms with E-state index in [-0.39, 0.29) is 30.3 Å². The van der Waals surface area contributed by atoms with Gasteiger partial charge in [0.2, 0.25) is 11.8 Å². The van der Waals surface area contributed by atoms with E-state index in [1.165, 1.54) is 0 Å². The van der Waals surface area contributed by atoms with Crippen LogP contribution in [0.4, 0.5) is 5.69 Å². The Hall–Kier alpha value is -1.59. The lowest BCUT2D eigenvalue weighted by molar-refractivity contribution is -0.134. The summed E-state index contributed by atoms with van der Waals surface area (Å²) in [5.41, 5.74) is 7.39. The highest BCUT2D eigenvalue weighted by Gasteiger charge is 2.25. The average Bonchev–Trinajstić information content (AvgIpc) is 2.28. The highest BCUT2D eigenvalue weighted by Crippen LogP contribution is 2.09. The maximum atomic E-state index is 11.5. The first-order valence-corrected chi connectivity index (χ1v) is 5.56. The number of halogens is 1. The van der Waals surface area contributed by atoms with Crippen LogP contribution in [0.5, 0.6) is 0 Å². The van der Waals surface area contributed by atoms with Crippen molar-refractivity contribution in [3.63, 3.8) is 0 Å². The van der Waals surface area contributed by atoms with Gasteiger partial charge in [0.25, 0.3) is 0 Å². The number of rotatable bonds is 3. The highest BCUT2D eigenvalue weighted by molar-refractivity contribution is 6.00. The zero-order chi connectivity index (χ0) is 12.3. The molecule has 1 aliphatic rings. The molecule has 0 saturated carbocycles. The first-order valence-electron chi connectivity index (χ1n) is 5.56. The van der Waals surface area contributed by atoms with E-state index in [1.54, 1.807) is 0 Å². The monoisotopic (exact) mass is 269 g/mol. The molecule has 2 rings (SSSR count). The number of amides is 2. The second-order valence-electron chi connectivity index (χ2n) is 4.13. The molecule has 1 aliphatic heterocycles. The molecule has 4 N–H and O–H groups in total. The minimum atomic E-state index is -0.297. The summed E-state index contributed by atoms with van der Waals surface area (Å²) in [6.07, 6.45) is 0.938. The Balaban J connectivity index is 0.00000162. The summed E-state index contributed by atoms with van der Waals surface area (Å²) in [4.78, 5) is 22.4. The molecule has 98 valence electrons. The molecule has 1 aromatic rings. The van der Waals surface area contributed by atoms with Gasteiger partial charge in [0.1, 0.15) is 0 Å². The number of carbonyl (C=O) groups excluding carboxylic acids is 2. The van der Waals surface area contributed by atoms with Crippen molar-refractivity contribution in [3.05, 3.63) is 29.8 Å². The third-order valence-electron chi connectivity index (χ3n) is 2.74. The van der Waals surface area contributed by atoms with Crippen LogP contribution in [0.25, 0.3) is 0 Å². The zero-order valence-electron chi connectivity index (χ0n) is 9.81. The first-order chi connectivity index (χ1) is 8.15. The third kappa shape index (κ3) is 3.72. The second kappa shape index (κ2) is 6.37. The molecular formula is C12H16ClN3O2. The lowest BCUT2D eigenvalue weighted by Crippen LogP contribution is -2.50. The van der Waals surface area contributed by atoms with E-state index in [4.69, 9.17) is 5.73 Å². The van der Waals surface area contributed by atoms with Crippen molar-refractivity contribution in [2.24, 2.45) is 0 Å². The van der Waals surface area contributed by atoms with Crippen LogP contribution in [0.1, 0.15) is 18.4 Å². The molecule has 1 saturated heterocycles. The maximum Gasteiger partial charge on any atom is 0.243 e. The number of hydrogen-bond donors (Lipinski definition) is 3. The van der Waals surface area contributed by atoms with E-state index in [9.17, 15) is 9.59 Å². The summed E-state index contributed by atoms with van der Waals surface area (Å²) in [6.45, 7) is 0.567. The minimum Gasteiger partial charge on any atom is -0.399 e. The van der Waals surface area contributed by atoms with Gasteiger partial charge in [-0.05, 0) is 24.1 Å². The number of carbonyl (C=O) groups is 2.